The van der Waals surface area contributed by atoms with Gasteiger partial charge in [0.2, 0.25) is 0 Å². The number of rotatable bonds is 10. The lowest BCUT2D eigenvalue weighted by Gasteiger charge is -2.11. The van der Waals surface area contributed by atoms with Gasteiger partial charge in [0.05, 0.1) is 12.2 Å². The molecule has 6 nitrogen and oxygen atoms in total. The first kappa shape index (κ1) is 28.0. The third kappa shape index (κ3) is 7.68. The maximum Gasteiger partial charge on any atom is 0.183 e. The van der Waals surface area contributed by atoms with Gasteiger partial charge in [0.15, 0.2) is 5.78 Å². The summed E-state index contributed by atoms with van der Waals surface area (Å²) in [6, 6.07) is 7.89. The fraction of sp³-hybridized carbons (Fsp3) is 0.267. The minimum atomic E-state index is -0.996. The van der Waals surface area contributed by atoms with Gasteiger partial charge in [0, 0.05) is 52.9 Å². The Morgan fingerprint density at radius 2 is 2.05 bits per heavy atom. The summed E-state index contributed by atoms with van der Waals surface area (Å²) < 4.78 is 2.10. The number of fused-ring (bicyclic) bond motifs is 1. The number of aliphatic hydroxyl groups is 1. The molecule has 0 aliphatic heterocycles. The van der Waals surface area contributed by atoms with Crippen molar-refractivity contribution in [2.24, 2.45) is 10.7 Å². The average Bonchev–Trinajstić information content (AvgIpc) is 3.25. The molecule has 0 amide bonds. The molecule has 1 atom stereocenters. The molecule has 4 N–H and O–H groups in total. The van der Waals surface area contributed by atoms with Crippen LogP contribution in [-0.2, 0) is 6.54 Å². The van der Waals surface area contributed by atoms with Crippen molar-refractivity contribution >= 4 is 34.5 Å². The summed E-state index contributed by atoms with van der Waals surface area (Å²) in [5.74, 6) is -0.0685. The second-order valence-electron chi connectivity index (χ2n) is 8.97. The number of carbonyl (C=O) groups excluding carboxylic acids is 1. The van der Waals surface area contributed by atoms with Crippen LogP contribution in [0.2, 0.25) is 0 Å². The number of Topliss-reactive ketones (excluding diaryl/α,β-unsaturated/α-hetero) is 1. The maximum atomic E-state index is 13.2. The zero-order valence-corrected chi connectivity index (χ0v) is 22.4. The highest BCUT2D eigenvalue weighted by Crippen LogP contribution is 2.26. The van der Waals surface area contributed by atoms with Crippen LogP contribution >= 0.6 is 11.6 Å². The molecule has 0 saturated carbocycles. The Kier molecular flexibility index (Phi) is 10.3. The van der Waals surface area contributed by atoms with E-state index < -0.39 is 6.10 Å². The summed E-state index contributed by atoms with van der Waals surface area (Å²) in [7, 11) is 0. The van der Waals surface area contributed by atoms with E-state index in [0.717, 1.165) is 39.9 Å². The largest absolute Gasteiger partial charge is 0.398 e. The summed E-state index contributed by atoms with van der Waals surface area (Å²) in [5, 5.41) is 15.0. The number of para-hydroxylation sites is 1. The van der Waals surface area contributed by atoms with Crippen LogP contribution in [-0.4, -0.2) is 34.3 Å². The van der Waals surface area contributed by atoms with Crippen molar-refractivity contribution < 1.29 is 9.90 Å². The van der Waals surface area contributed by atoms with Crippen LogP contribution in [0.15, 0.2) is 106 Å². The average molecular weight is 519 g/mol. The molecule has 194 valence electrons. The molecule has 1 heterocycles. The highest BCUT2D eigenvalue weighted by molar-refractivity contribution is 6.31. The summed E-state index contributed by atoms with van der Waals surface area (Å²) >= 11 is 6.36. The number of carbonyl (C=O) groups is 1. The Labute approximate surface area is 223 Å². The van der Waals surface area contributed by atoms with Gasteiger partial charge in [-0.3, -0.25) is 9.79 Å². The number of ketones is 1. The fourth-order valence-electron chi connectivity index (χ4n) is 4.02. The lowest BCUT2D eigenvalue weighted by Crippen LogP contribution is -2.24. The number of halogens is 1. The lowest BCUT2D eigenvalue weighted by molar-refractivity contribution is 0.0996. The van der Waals surface area contributed by atoms with Gasteiger partial charge in [0.1, 0.15) is 6.10 Å². The predicted molar refractivity (Wildman–Crippen MR) is 155 cm³/mol. The Hall–Kier alpha value is -3.61. The Morgan fingerprint density at radius 3 is 2.84 bits per heavy atom. The van der Waals surface area contributed by atoms with Crippen LogP contribution in [0, 0.1) is 0 Å². The summed E-state index contributed by atoms with van der Waals surface area (Å²) in [6.07, 6.45) is 17.4. The molecule has 0 fully saturated rings. The van der Waals surface area contributed by atoms with Crippen LogP contribution in [0.5, 0.6) is 0 Å². The first-order valence-corrected chi connectivity index (χ1v) is 12.7. The third-order valence-corrected chi connectivity index (χ3v) is 6.49. The van der Waals surface area contributed by atoms with E-state index in [4.69, 9.17) is 17.3 Å². The number of aliphatic imine (C=N–C) groups is 1. The minimum absolute atomic E-state index is 0.0474. The van der Waals surface area contributed by atoms with Gasteiger partial charge in [-0.05, 0) is 62.5 Å². The Balaban J connectivity index is 1.74. The lowest BCUT2D eigenvalue weighted by atomic mass is 10.1. The van der Waals surface area contributed by atoms with Gasteiger partial charge in [-0.2, -0.15) is 0 Å². The minimum Gasteiger partial charge on any atom is -0.398 e. The molecule has 2 aromatic rings. The zero-order chi connectivity index (χ0) is 26.8. The van der Waals surface area contributed by atoms with Crippen LogP contribution in [0.1, 0.15) is 44.0 Å². The van der Waals surface area contributed by atoms with Crippen molar-refractivity contribution in [1.82, 2.24) is 9.88 Å². The number of nitrogens with one attached hydrogen (secondary N) is 1. The molecule has 0 saturated heterocycles. The predicted octanol–water partition coefficient (Wildman–Crippen LogP) is 5.91. The van der Waals surface area contributed by atoms with Gasteiger partial charge in [0.25, 0.3) is 0 Å². The molecule has 0 radical (unpaired) electrons. The summed E-state index contributed by atoms with van der Waals surface area (Å²) in [4.78, 5) is 17.2. The van der Waals surface area contributed by atoms with Gasteiger partial charge < -0.3 is 20.7 Å². The quantitative estimate of drug-likeness (QED) is 0.269. The fourth-order valence-corrected chi connectivity index (χ4v) is 4.18. The normalized spacial score (nSPS) is 19.2. The monoisotopic (exact) mass is 518 g/mol. The number of aromatic nitrogens is 1. The van der Waals surface area contributed by atoms with Crippen molar-refractivity contribution in [3.8, 4) is 0 Å². The molecule has 3 rings (SSSR count). The van der Waals surface area contributed by atoms with E-state index in [1.54, 1.807) is 25.4 Å². The third-order valence-electron chi connectivity index (χ3n) is 6.04. The van der Waals surface area contributed by atoms with Gasteiger partial charge in [-0.1, -0.05) is 54.1 Å². The van der Waals surface area contributed by atoms with Crippen molar-refractivity contribution in [1.29, 1.82) is 0 Å². The SMILES string of the molecule is C\C=C/C=N\C=C(/C)C(O)/C(N)=C/NCC(=O)c1cn(CC2=C/CCC=C(Cl)/C(C)=C\2)c2ccccc12. The van der Waals surface area contributed by atoms with E-state index in [0.29, 0.717) is 17.7 Å². The smallest absolute Gasteiger partial charge is 0.183 e. The number of aliphatic hydroxyl groups excluding tert-OH is 1. The second kappa shape index (κ2) is 13.6. The maximum absolute atomic E-state index is 13.2. The topological polar surface area (TPSA) is 92.6 Å². The zero-order valence-electron chi connectivity index (χ0n) is 21.6. The van der Waals surface area contributed by atoms with Gasteiger partial charge >= 0.3 is 0 Å². The molecular formula is C30H35ClN4O2. The van der Waals surface area contributed by atoms with E-state index >= 15 is 0 Å². The molecule has 1 aliphatic carbocycles. The number of hydrogen-bond donors (Lipinski definition) is 3. The van der Waals surface area contributed by atoms with Crippen LogP contribution in [0.25, 0.3) is 10.9 Å². The molecular weight excluding hydrogens is 484 g/mol. The molecule has 1 aromatic carbocycles. The van der Waals surface area contributed by atoms with Crippen LogP contribution in [0.3, 0.4) is 0 Å². The summed E-state index contributed by atoms with van der Waals surface area (Å²) in [5.41, 5.74) is 10.6. The number of hydrogen-bond acceptors (Lipinski definition) is 5. The highest BCUT2D eigenvalue weighted by Gasteiger charge is 2.16. The van der Waals surface area contributed by atoms with E-state index in [2.05, 4.69) is 27.0 Å². The molecule has 1 aliphatic rings. The van der Waals surface area contributed by atoms with Crippen LogP contribution in [0.4, 0.5) is 0 Å². The van der Waals surface area contributed by atoms with Gasteiger partial charge in [-0.25, -0.2) is 0 Å². The first-order chi connectivity index (χ1) is 17.8. The second-order valence-corrected chi connectivity index (χ2v) is 9.38. The highest BCUT2D eigenvalue weighted by atomic mass is 35.5. The standard InChI is InChI=1S/C30H35ClN4O2/c1-4-5-14-33-16-22(3)30(37)27(32)17-34-18-29(36)25-20-35(28-13-9-7-11-24(25)28)19-23-10-6-8-12-26(31)21(2)15-23/h4-5,7,9-17,20,30,34,37H,6,8,18-19,32H2,1-3H3/b5-4-,21-15-,22-16+,23-10+,26-12?,27-17-,33-14-. The Bertz CT molecular complexity index is 1340. The number of allylic oxidation sites excluding steroid dienone is 8. The first-order valence-electron chi connectivity index (χ1n) is 12.3. The molecule has 1 unspecified atom stereocenters. The number of benzene rings is 1. The van der Waals surface area contributed by atoms with E-state index in [1.165, 1.54) is 6.20 Å². The molecule has 0 spiro atoms. The molecule has 37 heavy (non-hydrogen) atoms. The van der Waals surface area contributed by atoms with E-state index in [-0.39, 0.29) is 18.0 Å². The van der Waals surface area contributed by atoms with Crippen molar-refractivity contribution in [3.05, 3.63) is 106 Å². The Morgan fingerprint density at radius 1 is 1.30 bits per heavy atom. The summed E-state index contributed by atoms with van der Waals surface area (Å²) in [6.45, 7) is 6.34. The van der Waals surface area contributed by atoms with E-state index in [1.807, 2.05) is 56.5 Å². The van der Waals surface area contributed by atoms with E-state index in [9.17, 15) is 9.90 Å². The van der Waals surface area contributed by atoms with Crippen LogP contribution < -0.4 is 11.1 Å². The van der Waals surface area contributed by atoms with Gasteiger partial charge in [-0.15, -0.1) is 0 Å². The number of nitrogens with two attached hydrogens (primary N) is 1. The molecule has 7 heteroatoms. The number of nitrogens with zero attached hydrogens (tertiary/aromatic N) is 2. The van der Waals surface area contributed by atoms with Crippen molar-refractivity contribution in [3.63, 3.8) is 0 Å². The molecule has 1 aromatic heterocycles. The van der Waals surface area contributed by atoms with Crippen molar-refractivity contribution in [2.45, 2.75) is 46.3 Å². The molecule has 0 bridgehead atoms. The van der Waals surface area contributed by atoms with Crippen molar-refractivity contribution in [2.75, 3.05) is 6.54 Å².